The van der Waals surface area contributed by atoms with E-state index in [-0.39, 0.29) is 12.5 Å². The first-order valence-electron chi connectivity index (χ1n) is 3.37. The summed E-state index contributed by atoms with van der Waals surface area (Å²) in [7, 11) is 0. The smallest absolute Gasteiger partial charge is 0.231 e. The molecule has 0 fully saturated rings. The SMILES string of the molecule is Cc1c(O)ccc2c1OCO2. The molecule has 0 aromatic heterocycles. The number of hydrogen-bond donors (Lipinski definition) is 1. The van der Waals surface area contributed by atoms with Crippen LogP contribution in [-0.4, -0.2) is 11.9 Å². The van der Waals surface area contributed by atoms with Crippen molar-refractivity contribution in [2.75, 3.05) is 6.79 Å². The molecule has 0 radical (unpaired) electrons. The van der Waals surface area contributed by atoms with Crippen LogP contribution in [0.25, 0.3) is 0 Å². The Kier molecular flexibility index (Phi) is 1.18. The van der Waals surface area contributed by atoms with Crippen LogP contribution >= 0.6 is 0 Å². The van der Waals surface area contributed by atoms with Crippen LogP contribution < -0.4 is 9.47 Å². The molecule has 1 aliphatic rings. The van der Waals surface area contributed by atoms with Crippen molar-refractivity contribution in [1.29, 1.82) is 0 Å². The van der Waals surface area contributed by atoms with Crippen molar-refractivity contribution in [3.8, 4) is 17.2 Å². The van der Waals surface area contributed by atoms with Crippen LogP contribution in [0.15, 0.2) is 12.1 Å². The van der Waals surface area contributed by atoms with E-state index >= 15 is 0 Å². The lowest BCUT2D eigenvalue weighted by atomic mass is 10.2. The molecule has 3 heteroatoms. The van der Waals surface area contributed by atoms with Gasteiger partial charge >= 0.3 is 0 Å². The molecule has 11 heavy (non-hydrogen) atoms. The molecule has 0 bridgehead atoms. The number of aromatic hydroxyl groups is 1. The zero-order valence-corrected chi connectivity index (χ0v) is 6.13. The second-order valence-electron chi connectivity index (χ2n) is 2.44. The van der Waals surface area contributed by atoms with E-state index in [0.29, 0.717) is 11.5 Å². The second kappa shape index (κ2) is 2.05. The van der Waals surface area contributed by atoms with E-state index in [4.69, 9.17) is 9.47 Å². The van der Waals surface area contributed by atoms with Gasteiger partial charge in [0, 0.05) is 5.56 Å². The first-order valence-corrected chi connectivity index (χ1v) is 3.37. The normalized spacial score (nSPS) is 13.5. The fourth-order valence-corrected chi connectivity index (χ4v) is 1.10. The fraction of sp³-hybridized carbons (Fsp3) is 0.250. The Balaban J connectivity index is 2.62. The van der Waals surface area contributed by atoms with Crippen LogP contribution in [0.4, 0.5) is 0 Å². The van der Waals surface area contributed by atoms with Crippen molar-refractivity contribution >= 4 is 0 Å². The Hall–Kier alpha value is -1.38. The topological polar surface area (TPSA) is 38.7 Å². The van der Waals surface area contributed by atoms with Crippen molar-refractivity contribution < 1.29 is 14.6 Å². The second-order valence-corrected chi connectivity index (χ2v) is 2.44. The lowest BCUT2D eigenvalue weighted by Crippen LogP contribution is -1.93. The van der Waals surface area contributed by atoms with Gasteiger partial charge in [-0.25, -0.2) is 0 Å². The summed E-state index contributed by atoms with van der Waals surface area (Å²) in [6.45, 7) is 2.04. The predicted octanol–water partition coefficient (Wildman–Crippen LogP) is 1.43. The minimum absolute atomic E-state index is 0.245. The molecule has 1 heterocycles. The van der Waals surface area contributed by atoms with E-state index in [1.807, 2.05) is 0 Å². The number of hydrogen-bond acceptors (Lipinski definition) is 3. The van der Waals surface area contributed by atoms with Gasteiger partial charge in [0.2, 0.25) is 6.79 Å². The van der Waals surface area contributed by atoms with Crippen molar-refractivity contribution in [3.63, 3.8) is 0 Å². The Labute approximate surface area is 64.2 Å². The number of phenols is 1. The third kappa shape index (κ3) is 0.808. The third-order valence-corrected chi connectivity index (χ3v) is 1.76. The van der Waals surface area contributed by atoms with Gasteiger partial charge < -0.3 is 14.6 Å². The molecule has 58 valence electrons. The van der Waals surface area contributed by atoms with Crippen LogP contribution in [0.5, 0.6) is 17.2 Å². The van der Waals surface area contributed by atoms with Gasteiger partial charge in [0.25, 0.3) is 0 Å². The largest absolute Gasteiger partial charge is 0.508 e. The first kappa shape index (κ1) is 6.34. The van der Waals surface area contributed by atoms with Crippen LogP contribution in [-0.2, 0) is 0 Å². The maximum atomic E-state index is 9.25. The molecule has 0 atom stereocenters. The summed E-state index contributed by atoms with van der Waals surface area (Å²) in [6, 6.07) is 3.30. The molecule has 1 aromatic carbocycles. The van der Waals surface area contributed by atoms with E-state index in [1.54, 1.807) is 19.1 Å². The number of ether oxygens (including phenoxy) is 2. The zero-order valence-electron chi connectivity index (χ0n) is 6.13. The molecule has 3 nitrogen and oxygen atoms in total. The maximum Gasteiger partial charge on any atom is 0.231 e. The minimum atomic E-state index is 0.245. The van der Waals surface area contributed by atoms with Gasteiger partial charge in [-0.3, -0.25) is 0 Å². The van der Waals surface area contributed by atoms with E-state index < -0.39 is 0 Å². The number of rotatable bonds is 0. The van der Waals surface area contributed by atoms with E-state index in [0.717, 1.165) is 5.56 Å². The van der Waals surface area contributed by atoms with Gasteiger partial charge in [0.15, 0.2) is 11.5 Å². The molecule has 1 aliphatic heterocycles. The van der Waals surface area contributed by atoms with Crippen molar-refractivity contribution in [1.82, 2.24) is 0 Å². The highest BCUT2D eigenvalue weighted by atomic mass is 16.7. The number of phenolic OH excluding ortho intramolecular Hbond substituents is 1. The van der Waals surface area contributed by atoms with Crippen molar-refractivity contribution in [3.05, 3.63) is 17.7 Å². The van der Waals surface area contributed by atoms with Gasteiger partial charge in [-0.2, -0.15) is 0 Å². The number of benzene rings is 1. The molecule has 1 aromatic rings. The molecular weight excluding hydrogens is 144 g/mol. The summed E-state index contributed by atoms with van der Waals surface area (Å²) in [6.07, 6.45) is 0. The summed E-state index contributed by atoms with van der Waals surface area (Å²) in [5, 5.41) is 9.25. The Morgan fingerprint density at radius 2 is 2.18 bits per heavy atom. The van der Waals surface area contributed by atoms with Crippen LogP contribution in [0.3, 0.4) is 0 Å². The lowest BCUT2D eigenvalue weighted by Gasteiger charge is -2.01. The van der Waals surface area contributed by atoms with Crippen LogP contribution in [0, 0.1) is 6.92 Å². The summed E-state index contributed by atoms with van der Waals surface area (Å²) < 4.78 is 10.2. The number of fused-ring (bicyclic) bond motifs is 1. The highest BCUT2D eigenvalue weighted by Gasteiger charge is 2.17. The van der Waals surface area contributed by atoms with Gasteiger partial charge in [-0.1, -0.05) is 0 Å². The van der Waals surface area contributed by atoms with Gasteiger partial charge in [-0.15, -0.1) is 0 Å². The van der Waals surface area contributed by atoms with E-state index in [1.165, 1.54) is 0 Å². The van der Waals surface area contributed by atoms with Gasteiger partial charge in [-0.05, 0) is 19.1 Å². The Morgan fingerprint density at radius 1 is 1.36 bits per heavy atom. The average molecular weight is 152 g/mol. The highest BCUT2D eigenvalue weighted by molar-refractivity contribution is 5.53. The third-order valence-electron chi connectivity index (χ3n) is 1.76. The summed E-state index contributed by atoms with van der Waals surface area (Å²) in [5.41, 5.74) is 0.736. The predicted molar refractivity (Wildman–Crippen MR) is 39.0 cm³/mol. The Morgan fingerprint density at radius 3 is 3.00 bits per heavy atom. The average Bonchev–Trinajstić information content (AvgIpc) is 2.45. The Bertz CT molecular complexity index is 294. The molecule has 2 rings (SSSR count). The van der Waals surface area contributed by atoms with Gasteiger partial charge in [0.05, 0.1) is 0 Å². The molecule has 1 N–H and O–H groups in total. The molecule has 0 unspecified atom stereocenters. The van der Waals surface area contributed by atoms with Crippen molar-refractivity contribution in [2.24, 2.45) is 0 Å². The standard InChI is InChI=1S/C8H8O3/c1-5-6(9)2-3-7-8(5)11-4-10-7/h2-3,9H,4H2,1H3. The molecule has 0 aliphatic carbocycles. The molecule has 0 spiro atoms. The lowest BCUT2D eigenvalue weighted by molar-refractivity contribution is 0.173. The first-order chi connectivity index (χ1) is 5.29. The van der Waals surface area contributed by atoms with Crippen molar-refractivity contribution in [2.45, 2.75) is 6.92 Å². The monoisotopic (exact) mass is 152 g/mol. The minimum Gasteiger partial charge on any atom is -0.508 e. The zero-order chi connectivity index (χ0) is 7.84. The van der Waals surface area contributed by atoms with Gasteiger partial charge in [0.1, 0.15) is 5.75 Å². The summed E-state index contributed by atoms with van der Waals surface area (Å²) in [5.74, 6) is 1.61. The van der Waals surface area contributed by atoms with E-state index in [2.05, 4.69) is 0 Å². The van der Waals surface area contributed by atoms with E-state index in [9.17, 15) is 5.11 Å². The fourth-order valence-electron chi connectivity index (χ4n) is 1.10. The molecule has 0 saturated carbocycles. The quantitative estimate of drug-likeness (QED) is 0.611. The summed E-state index contributed by atoms with van der Waals surface area (Å²) in [4.78, 5) is 0. The molecular formula is C8H8O3. The van der Waals surface area contributed by atoms with Crippen LogP contribution in [0.1, 0.15) is 5.56 Å². The maximum absolute atomic E-state index is 9.25. The summed E-state index contributed by atoms with van der Waals surface area (Å²) >= 11 is 0. The van der Waals surface area contributed by atoms with Crippen LogP contribution in [0.2, 0.25) is 0 Å². The highest BCUT2D eigenvalue weighted by Crippen LogP contribution is 2.39. The molecule has 0 amide bonds. The molecule has 0 saturated heterocycles.